The molecule has 8 heteroatoms. The Morgan fingerprint density at radius 1 is 1.17 bits per heavy atom. The maximum Gasteiger partial charge on any atom is 0.270 e. The Morgan fingerprint density at radius 2 is 1.90 bits per heavy atom. The van der Waals surface area contributed by atoms with Crippen LogP contribution in [0.3, 0.4) is 0 Å². The van der Waals surface area contributed by atoms with E-state index in [9.17, 15) is 9.59 Å². The second kappa shape index (κ2) is 7.71. The fraction of sp³-hybridized carbons (Fsp3) is 0.238. The lowest BCUT2D eigenvalue weighted by molar-refractivity contribution is -0.119. The van der Waals surface area contributed by atoms with Crippen molar-refractivity contribution in [3.05, 3.63) is 54.1 Å². The monoisotopic (exact) mass is 408 g/mol. The number of hydrogen-bond acceptors (Lipinski definition) is 6. The zero-order valence-electron chi connectivity index (χ0n) is 16.2. The van der Waals surface area contributed by atoms with Gasteiger partial charge in [-0.25, -0.2) is 4.99 Å². The molecule has 0 saturated heterocycles. The molecule has 0 fully saturated rings. The van der Waals surface area contributed by atoms with Crippen molar-refractivity contribution in [2.75, 3.05) is 12.4 Å². The zero-order chi connectivity index (χ0) is 20.5. The first kappa shape index (κ1) is 19.2. The number of ether oxygens (including phenoxy) is 1. The molecule has 0 aromatic heterocycles. The number of amides is 2. The summed E-state index contributed by atoms with van der Waals surface area (Å²) in [6.45, 7) is 3.61. The van der Waals surface area contributed by atoms with Gasteiger partial charge in [0.05, 0.1) is 18.0 Å². The Hall–Kier alpha value is -3.13. The number of nitrogens with one attached hydrogen (secondary N) is 1. The Kier molecular flexibility index (Phi) is 5.10. The van der Waals surface area contributed by atoms with E-state index in [1.165, 1.54) is 11.8 Å². The van der Waals surface area contributed by atoms with Gasteiger partial charge in [0.25, 0.3) is 5.91 Å². The lowest BCUT2D eigenvalue weighted by Crippen LogP contribution is -2.43. The minimum atomic E-state index is -0.443. The van der Waals surface area contributed by atoms with Crippen molar-refractivity contribution in [2.24, 2.45) is 9.98 Å². The Labute approximate surface area is 172 Å². The van der Waals surface area contributed by atoms with Crippen molar-refractivity contribution < 1.29 is 14.3 Å². The van der Waals surface area contributed by atoms with Crippen LogP contribution < -0.4 is 10.1 Å². The molecule has 0 radical (unpaired) electrons. The lowest BCUT2D eigenvalue weighted by atomic mass is 10.1. The Bertz CT molecular complexity index is 1030. The van der Waals surface area contributed by atoms with Crippen molar-refractivity contribution in [2.45, 2.75) is 25.1 Å². The number of hydrogen-bond donors (Lipinski definition) is 1. The van der Waals surface area contributed by atoms with E-state index in [2.05, 4.69) is 10.3 Å². The van der Waals surface area contributed by atoms with Gasteiger partial charge in [0, 0.05) is 11.3 Å². The van der Waals surface area contributed by atoms with Gasteiger partial charge in [0.1, 0.15) is 17.6 Å². The number of nitrogens with zero attached hydrogens (tertiary/aromatic N) is 3. The molecule has 0 spiro atoms. The normalized spacial score (nSPS) is 18.4. The summed E-state index contributed by atoms with van der Waals surface area (Å²) in [6.07, 6.45) is 0. The number of anilines is 1. The van der Waals surface area contributed by atoms with E-state index in [0.717, 1.165) is 17.0 Å². The van der Waals surface area contributed by atoms with Gasteiger partial charge in [-0.1, -0.05) is 23.9 Å². The number of amidine groups is 2. The smallest absolute Gasteiger partial charge is 0.270 e. The second-order valence-corrected chi connectivity index (χ2v) is 8.02. The van der Waals surface area contributed by atoms with E-state index >= 15 is 0 Å². The van der Waals surface area contributed by atoms with Crippen molar-refractivity contribution in [1.82, 2.24) is 4.90 Å². The van der Waals surface area contributed by atoms with E-state index in [0.29, 0.717) is 16.7 Å². The first-order valence-electron chi connectivity index (χ1n) is 9.19. The summed E-state index contributed by atoms with van der Waals surface area (Å²) in [5, 5.41) is 3.07. The van der Waals surface area contributed by atoms with Gasteiger partial charge in [0.15, 0.2) is 5.17 Å². The summed E-state index contributed by atoms with van der Waals surface area (Å²) < 4.78 is 5.13. The van der Waals surface area contributed by atoms with E-state index < -0.39 is 11.3 Å². The highest BCUT2D eigenvalue weighted by molar-refractivity contribution is 8.14. The maximum atomic E-state index is 12.7. The number of carbonyl (C=O) groups excluding carboxylic acids is 2. The number of aliphatic imine (C=N–C) groups is 2. The molecule has 2 unspecified atom stereocenters. The standard InChI is InChI=1S/C21H20N4O3S/c1-12-19(26)24-18-16-6-4-5-7-17(16)23-21(25(12)18)29-13(2)20(27)22-14-8-10-15(28-3)11-9-14/h4-13H,1-3H3,(H,22,27). The van der Waals surface area contributed by atoms with Crippen LogP contribution in [0.2, 0.25) is 0 Å². The van der Waals surface area contributed by atoms with E-state index in [1.54, 1.807) is 38.3 Å². The third kappa shape index (κ3) is 3.63. The quantitative estimate of drug-likeness (QED) is 0.838. The maximum absolute atomic E-state index is 12.7. The average Bonchev–Trinajstić information content (AvgIpc) is 3.03. The Balaban J connectivity index is 1.54. The average molecular weight is 408 g/mol. The van der Waals surface area contributed by atoms with E-state index in [-0.39, 0.29) is 11.8 Å². The summed E-state index contributed by atoms with van der Waals surface area (Å²) in [5.41, 5.74) is 2.26. The van der Waals surface area contributed by atoms with Crippen molar-refractivity contribution in [1.29, 1.82) is 0 Å². The predicted molar refractivity (Wildman–Crippen MR) is 115 cm³/mol. The highest BCUT2D eigenvalue weighted by Crippen LogP contribution is 2.35. The molecule has 4 rings (SSSR count). The third-order valence-corrected chi connectivity index (χ3v) is 5.83. The highest BCUT2D eigenvalue weighted by atomic mass is 32.2. The molecule has 7 nitrogen and oxygen atoms in total. The molecule has 2 atom stereocenters. The largest absolute Gasteiger partial charge is 0.497 e. The Morgan fingerprint density at radius 3 is 2.62 bits per heavy atom. The molecule has 2 heterocycles. The number of para-hydroxylation sites is 1. The number of carbonyl (C=O) groups is 2. The van der Waals surface area contributed by atoms with Crippen LogP contribution in [-0.4, -0.2) is 46.1 Å². The molecule has 2 aromatic carbocycles. The van der Waals surface area contributed by atoms with Crippen LogP contribution >= 0.6 is 11.8 Å². The molecule has 0 saturated carbocycles. The fourth-order valence-electron chi connectivity index (χ4n) is 3.12. The lowest BCUT2D eigenvalue weighted by Gasteiger charge is -2.30. The van der Waals surface area contributed by atoms with E-state index in [1.807, 2.05) is 36.1 Å². The first-order chi connectivity index (χ1) is 14.0. The molecule has 0 aliphatic carbocycles. The number of methoxy groups -OCH3 is 1. The molecule has 2 aliphatic rings. The second-order valence-electron chi connectivity index (χ2n) is 6.71. The third-order valence-electron chi connectivity index (χ3n) is 4.77. The molecule has 1 N–H and O–H groups in total. The summed E-state index contributed by atoms with van der Waals surface area (Å²) in [6, 6.07) is 14.3. The highest BCUT2D eigenvalue weighted by Gasteiger charge is 2.40. The number of benzene rings is 2. The molecule has 2 aromatic rings. The first-order valence-corrected chi connectivity index (χ1v) is 10.1. The van der Waals surface area contributed by atoms with Gasteiger partial charge in [-0.3, -0.25) is 14.5 Å². The van der Waals surface area contributed by atoms with Crippen LogP contribution in [0.25, 0.3) is 0 Å². The van der Waals surface area contributed by atoms with Crippen LogP contribution in [0.15, 0.2) is 58.5 Å². The van der Waals surface area contributed by atoms with Gasteiger partial charge in [-0.15, -0.1) is 0 Å². The molecular formula is C21H20N4O3S. The van der Waals surface area contributed by atoms with Crippen LogP contribution in [-0.2, 0) is 9.59 Å². The zero-order valence-corrected chi connectivity index (χ0v) is 17.1. The predicted octanol–water partition coefficient (Wildman–Crippen LogP) is 3.43. The minimum absolute atomic E-state index is 0.154. The van der Waals surface area contributed by atoms with Crippen molar-refractivity contribution >= 4 is 46.0 Å². The SMILES string of the molecule is COc1ccc(NC(=O)C(C)SC2=Nc3ccccc3C3=NC(=O)C(C)N23)cc1. The summed E-state index contributed by atoms with van der Waals surface area (Å²) in [7, 11) is 1.59. The minimum Gasteiger partial charge on any atom is -0.497 e. The van der Waals surface area contributed by atoms with Crippen LogP contribution in [0.4, 0.5) is 11.4 Å². The van der Waals surface area contributed by atoms with Crippen LogP contribution in [0.5, 0.6) is 5.75 Å². The van der Waals surface area contributed by atoms with Gasteiger partial charge in [-0.05, 0) is 50.2 Å². The molecule has 2 aliphatic heterocycles. The topological polar surface area (TPSA) is 83.4 Å². The molecular weight excluding hydrogens is 388 g/mol. The van der Waals surface area contributed by atoms with Crippen molar-refractivity contribution in [3.8, 4) is 5.75 Å². The van der Waals surface area contributed by atoms with Crippen LogP contribution in [0.1, 0.15) is 19.4 Å². The summed E-state index contributed by atoms with van der Waals surface area (Å²) in [5.74, 6) is 0.956. The van der Waals surface area contributed by atoms with Gasteiger partial charge in [-0.2, -0.15) is 4.99 Å². The number of rotatable bonds is 4. The summed E-state index contributed by atoms with van der Waals surface area (Å²) >= 11 is 1.31. The summed E-state index contributed by atoms with van der Waals surface area (Å²) in [4.78, 5) is 35.6. The van der Waals surface area contributed by atoms with E-state index in [4.69, 9.17) is 9.73 Å². The van der Waals surface area contributed by atoms with Crippen molar-refractivity contribution in [3.63, 3.8) is 0 Å². The number of thioether (sulfide) groups is 1. The fourth-order valence-corrected chi connectivity index (χ4v) is 4.11. The van der Waals surface area contributed by atoms with Gasteiger partial charge >= 0.3 is 0 Å². The molecule has 148 valence electrons. The molecule has 0 bridgehead atoms. The molecule has 2 amide bonds. The molecule has 29 heavy (non-hydrogen) atoms. The number of fused-ring (bicyclic) bond motifs is 3. The van der Waals surface area contributed by atoms with Gasteiger partial charge in [0.2, 0.25) is 5.91 Å². The van der Waals surface area contributed by atoms with Crippen LogP contribution in [0, 0.1) is 0 Å². The van der Waals surface area contributed by atoms with Gasteiger partial charge < -0.3 is 10.1 Å².